The molecule has 0 unspecified atom stereocenters. The lowest BCUT2D eigenvalue weighted by Crippen LogP contribution is -2.23. The molecule has 1 aliphatic rings. The Morgan fingerprint density at radius 2 is 1.96 bits per heavy atom. The first-order valence-corrected chi connectivity index (χ1v) is 9.47. The van der Waals surface area contributed by atoms with Crippen molar-refractivity contribution in [1.82, 2.24) is 15.5 Å². The van der Waals surface area contributed by atoms with Crippen molar-refractivity contribution in [3.05, 3.63) is 69.5 Å². The van der Waals surface area contributed by atoms with Crippen LogP contribution < -0.4 is 5.32 Å². The van der Waals surface area contributed by atoms with Gasteiger partial charge in [-0.25, -0.2) is 0 Å². The standard InChI is InChI=1S/C20H18BrN3O2/c21-17-7-3-6-15(11-17)19-23-18(26-24-19)12-22-20(25)16-9-8-13-4-1-2-5-14(13)10-16/h3,6-11H,1-2,4-5,12H2,(H,22,25). The van der Waals surface area contributed by atoms with Crippen molar-refractivity contribution in [2.45, 2.75) is 32.2 Å². The van der Waals surface area contributed by atoms with E-state index in [-0.39, 0.29) is 12.5 Å². The lowest BCUT2D eigenvalue weighted by molar-refractivity contribution is 0.0946. The number of amides is 1. The lowest BCUT2D eigenvalue weighted by atomic mass is 9.90. The Morgan fingerprint density at radius 1 is 1.12 bits per heavy atom. The fraction of sp³-hybridized carbons (Fsp3) is 0.250. The molecule has 6 heteroatoms. The van der Waals surface area contributed by atoms with Crippen molar-refractivity contribution in [3.63, 3.8) is 0 Å². The largest absolute Gasteiger partial charge is 0.343 e. The highest BCUT2D eigenvalue weighted by Gasteiger charge is 2.14. The van der Waals surface area contributed by atoms with Crippen LogP contribution in [0.3, 0.4) is 0 Å². The minimum atomic E-state index is -0.124. The number of rotatable bonds is 4. The summed E-state index contributed by atoms with van der Waals surface area (Å²) in [7, 11) is 0. The minimum absolute atomic E-state index is 0.124. The second kappa shape index (κ2) is 7.41. The van der Waals surface area contributed by atoms with Gasteiger partial charge in [-0.2, -0.15) is 4.98 Å². The lowest BCUT2D eigenvalue weighted by Gasteiger charge is -2.16. The van der Waals surface area contributed by atoms with Gasteiger partial charge in [-0.05, 0) is 61.1 Å². The van der Waals surface area contributed by atoms with Crippen molar-refractivity contribution in [1.29, 1.82) is 0 Å². The van der Waals surface area contributed by atoms with Gasteiger partial charge < -0.3 is 9.84 Å². The highest BCUT2D eigenvalue weighted by Crippen LogP contribution is 2.22. The van der Waals surface area contributed by atoms with Gasteiger partial charge in [-0.1, -0.05) is 39.3 Å². The zero-order valence-electron chi connectivity index (χ0n) is 14.2. The molecule has 0 atom stereocenters. The van der Waals surface area contributed by atoms with E-state index in [1.54, 1.807) is 0 Å². The van der Waals surface area contributed by atoms with Gasteiger partial charge >= 0.3 is 0 Å². The SMILES string of the molecule is O=C(NCc1nc(-c2cccc(Br)c2)no1)c1ccc2c(c1)CCCC2. The molecule has 3 aromatic rings. The minimum Gasteiger partial charge on any atom is -0.343 e. The summed E-state index contributed by atoms with van der Waals surface area (Å²) in [4.78, 5) is 16.8. The summed E-state index contributed by atoms with van der Waals surface area (Å²) in [5.74, 6) is 0.760. The molecule has 1 aromatic heterocycles. The molecule has 26 heavy (non-hydrogen) atoms. The average molecular weight is 412 g/mol. The molecule has 0 saturated heterocycles. The molecule has 0 spiro atoms. The number of fused-ring (bicyclic) bond motifs is 1. The van der Waals surface area contributed by atoms with Crippen molar-refractivity contribution in [2.24, 2.45) is 0 Å². The van der Waals surface area contributed by atoms with E-state index < -0.39 is 0 Å². The number of benzene rings is 2. The van der Waals surface area contributed by atoms with Crippen LogP contribution >= 0.6 is 15.9 Å². The molecule has 0 bridgehead atoms. The molecule has 4 rings (SSSR count). The summed E-state index contributed by atoms with van der Waals surface area (Å²) >= 11 is 3.42. The van der Waals surface area contributed by atoms with E-state index in [0.29, 0.717) is 17.3 Å². The maximum Gasteiger partial charge on any atom is 0.251 e. The number of nitrogens with zero attached hydrogens (tertiary/aromatic N) is 2. The first-order chi connectivity index (χ1) is 12.7. The number of hydrogen-bond acceptors (Lipinski definition) is 4. The fourth-order valence-electron chi connectivity index (χ4n) is 3.20. The molecule has 0 fully saturated rings. The second-order valence-corrected chi connectivity index (χ2v) is 7.31. The van der Waals surface area contributed by atoms with Crippen LogP contribution in [0.5, 0.6) is 0 Å². The first-order valence-electron chi connectivity index (χ1n) is 8.67. The van der Waals surface area contributed by atoms with E-state index in [4.69, 9.17) is 4.52 Å². The zero-order valence-corrected chi connectivity index (χ0v) is 15.8. The molecular formula is C20H18BrN3O2. The van der Waals surface area contributed by atoms with Crippen LogP contribution in [0.25, 0.3) is 11.4 Å². The van der Waals surface area contributed by atoms with Gasteiger partial charge in [-0.3, -0.25) is 4.79 Å². The summed E-state index contributed by atoms with van der Waals surface area (Å²) in [6, 6.07) is 13.6. The van der Waals surface area contributed by atoms with Crippen LogP contribution in [0, 0.1) is 0 Å². The number of nitrogens with one attached hydrogen (secondary N) is 1. The summed E-state index contributed by atoms with van der Waals surface area (Å²) in [5, 5.41) is 6.83. The van der Waals surface area contributed by atoms with Gasteiger partial charge in [0.05, 0.1) is 6.54 Å². The molecule has 2 aromatic carbocycles. The molecule has 1 amide bonds. The number of aryl methyl sites for hydroxylation is 2. The third kappa shape index (κ3) is 3.70. The number of aromatic nitrogens is 2. The van der Waals surface area contributed by atoms with E-state index in [2.05, 4.69) is 37.5 Å². The Labute approximate surface area is 159 Å². The van der Waals surface area contributed by atoms with E-state index in [9.17, 15) is 4.79 Å². The van der Waals surface area contributed by atoms with Gasteiger partial charge in [-0.15, -0.1) is 0 Å². The van der Waals surface area contributed by atoms with Gasteiger partial charge in [0, 0.05) is 15.6 Å². The van der Waals surface area contributed by atoms with Crippen LogP contribution in [-0.4, -0.2) is 16.0 Å². The van der Waals surface area contributed by atoms with E-state index in [1.807, 2.05) is 36.4 Å². The molecule has 132 valence electrons. The monoisotopic (exact) mass is 411 g/mol. The smallest absolute Gasteiger partial charge is 0.251 e. The van der Waals surface area contributed by atoms with E-state index >= 15 is 0 Å². The molecule has 0 radical (unpaired) electrons. The Balaban J connectivity index is 1.42. The van der Waals surface area contributed by atoms with Crippen molar-refractivity contribution in [2.75, 3.05) is 0 Å². The highest BCUT2D eigenvalue weighted by atomic mass is 79.9. The number of carbonyl (C=O) groups is 1. The maximum absolute atomic E-state index is 12.4. The molecule has 1 N–H and O–H groups in total. The van der Waals surface area contributed by atoms with Gasteiger partial charge in [0.25, 0.3) is 5.91 Å². The summed E-state index contributed by atoms with van der Waals surface area (Å²) in [6.07, 6.45) is 4.59. The van der Waals surface area contributed by atoms with Crippen molar-refractivity contribution >= 4 is 21.8 Å². The quantitative estimate of drug-likeness (QED) is 0.694. The molecule has 1 aliphatic carbocycles. The van der Waals surface area contributed by atoms with Gasteiger partial charge in [0.1, 0.15) is 0 Å². The topological polar surface area (TPSA) is 68.0 Å². The summed E-state index contributed by atoms with van der Waals surface area (Å²) in [5.41, 5.74) is 4.19. The zero-order chi connectivity index (χ0) is 17.9. The Hall–Kier alpha value is -2.47. The van der Waals surface area contributed by atoms with Crippen molar-refractivity contribution in [3.8, 4) is 11.4 Å². The average Bonchev–Trinajstić information content (AvgIpc) is 3.15. The predicted molar refractivity (Wildman–Crippen MR) is 102 cm³/mol. The van der Waals surface area contributed by atoms with Crippen LogP contribution in [0.1, 0.15) is 40.2 Å². The summed E-state index contributed by atoms with van der Waals surface area (Å²) in [6.45, 7) is 0.205. The third-order valence-electron chi connectivity index (χ3n) is 4.56. The van der Waals surface area contributed by atoms with E-state index in [0.717, 1.165) is 22.9 Å². The normalized spacial score (nSPS) is 13.3. The van der Waals surface area contributed by atoms with Crippen LogP contribution in [0.2, 0.25) is 0 Å². The number of hydrogen-bond donors (Lipinski definition) is 1. The highest BCUT2D eigenvalue weighted by molar-refractivity contribution is 9.10. The Kier molecular flexibility index (Phi) is 4.84. The third-order valence-corrected chi connectivity index (χ3v) is 5.06. The predicted octanol–water partition coefficient (Wildman–Crippen LogP) is 4.31. The van der Waals surface area contributed by atoms with Crippen LogP contribution in [0.4, 0.5) is 0 Å². The Bertz CT molecular complexity index is 952. The van der Waals surface area contributed by atoms with Gasteiger partial charge in [0.15, 0.2) is 0 Å². The number of carbonyl (C=O) groups excluding carboxylic acids is 1. The molecular weight excluding hydrogens is 394 g/mol. The molecule has 1 heterocycles. The molecule has 5 nitrogen and oxygen atoms in total. The van der Waals surface area contributed by atoms with Gasteiger partial charge in [0.2, 0.25) is 11.7 Å². The summed E-state index contributed by atoms with van der Waals surface area (Å²) < 4.78 is 6.19. The second-order valence-electron chi connectivity index (χ2n) is 6.40. The molecule has 0 saturated carbocycles. The Morgan fingerprint density at radius 3 is 2.81 bits per heavy atom. The van der Waals surface area contributed by atoms with Crippen LogP contribution in [-0.2, 0) is 19.4 Å². The number of halogens is 1. The maximum atomic E-state index is 12.4. The molecule has 0 aliphatic heterocycles. The van der Waals surface area contributed by atoms with Crippen LogP contribution in [0.15, 0.2) is 51.5 Å². The fourth-order valence-corrected chi connectivity index (χ4v) is 3.60. The van der Waals surface area contributed by atoms with E-state index in [1.165, 1.54) is 24.0 Å². The van der Waals surface area contributed by atoms with Crippen molar-refractivity contribution < 1.29 is 9.32 Å². The first kappa shape index (κ1) is 17.0.